The molecule has 2 heterocycles. The van der Waals surface area contributed by atoms with Gasteiger partial charge in [-0.3, -0.25) is 0 Å². The molecule has 0 unspecified atom stereocenters. The molecule has 374 valence electrons. The highest BCUT2D eigenvalue weighted by Gasteiger charge is 2.21. The van der Waals surface area contributed by atoms with E-state index < -0.39 is 0 Å². The maximum absolute atomic E-state index is 2.50. The van der Waals surface area contributed by atoms with Gasteiger partial charge in [-0.05, 0) is 156 Å². The molecule has 2 heteroatoms. The highest BCUT2D eigenvalue weighted by molar-refractivity contribution is 6.26. The molecule has 0 aliphatic heterocycles. The van der Waals surface area contributed by atoms with Gasteiger partial charge in [-0.1, -0.05) is 249 Å². The molecule has 0 amide bonds. The van der Waals surface area contributed by atoms with Crippen molar-refractivity contribution in [2.24, 2.45) is 0 Å². The third kappa shape index (κ3) is 8.39. The van der Waals surface area contributed by atoms with E-state index >= 15 is 0 Å². The first-order chi connectivity index (χ1) is 39.6. The molecular weight excluding hydrogens is 965 g/mol. The lowest BCUT2D eigenvalue weighted by Crippen LogP contribution is -1.96. The molecule has 0 bridgehead atoms. The molecule has 0 spiro atoms. The molecule has 0 fully saturated rings. The zero-order chi connectivity index (χ0) is 52.9. The number of rotatable bonds is 10. The molecule has 2 nitrogen and oxygen atoms in total. The predicted octanol–water partition coefficient (Wildman–Crippen LogP) is 21.2. The van der Waals surface area contributed by atoms with E-state index in [-0.39, 0.29) is 0 Å². The summed E-state index contributed by atoms with van der Waals surface area (Å²) in [5.41, 5.74) is 26.2. The van der Waals surface area contributed by atoms with Crippen LogP contribution in [-0.4, -0.2) is 9.13 Å². The second kappa shape index (κ2) is 19.8. The van der Waals surface area contributed by atoms with E-state index in [1.807, 2.05) is 0 Å². The fraction of sp³-hybridized carbons (Fsp3) is 0. The van der Waals surface area contributed by atoms with Crippen LogP contribution in [0.25, 0.3) is 144 Å². The second-order valence-corrected chi connectivity index (χ2v) is 20.9. The number of hydrogen-bond donors (Lipinski definition) is 0. The Morgan fingerprint density at radius 3 is 0.887 bits per heavy atom. The quantitative estimate of drug-likeness (QED) is 0.129. The molecule has 80 heavy (non-hydrogen) atoms. The third-order valence-electron chi connectivity index (χ3n) is 16.1. The van der Waals surface area contributed by atoms with Crippen molar-refractivity contribution in [3.8, 4) is 100 Å². The standard InChI is InChI=1S/C78H52N2/c1-3-17-53(18-4-1)59-21-11-25-63(47-59)65-27-13-23-61(49-65)55-37-41-57(42-38-55)67-29-15-31-69(51-67)79-75-36-10-8-34-73(75)77-76(79)46-45-72-71-33-7-9-35-74(71)80(78(72)77)70-32-16-30-68(52-70)58-43-39-56(40-44-58)62-24-14-28-66(50-62)64-26-12-22-60(48-64)54-19-5-2-6-20-54/h1-52H. The van der Waals surface area contributed by atoms with E-state index in [2.05, 4.69) is 325 Å². The summed E-state index contributed by atoms with van der Waals surface area (Å²) in [6, 6.07) is 115. The summed E-state index contributed by atoms with van der Waals surface area (Å²) >= 11 is 0. The maximum Gasteiger partial charge on any atom is 0.0641 e. The molecule has 15 aromatic rings. The fourth-order valence-electron chi connectivity index (χ4n) is 12.2. The topological polar surface area (TPSA) is 9.86 Å². The Labute approximate surface area is 466 Å². The predicted molar refractivity (Wildman–Crippen MR) is 339 cm³/mol. The van der Waals surface area contributed by atoms with Crippen molar-refractivity contribution in [2.45, 2.75) is 0 Å². The van der Waals surface area contributed by atoms with Crippen LogP contribution in [0.3, 0.4) is 0 Å². The van der Waals surface area contributed by atoms with Gasteiger partial charge < -0.3 is 9.13 Å². The van der Waals surface area contributed by atoms with Crippen LogP contribution in [0.15, 0.2) is 315 Å². The molecule has 0 N–H and O–H groups in total. The average Bonchev–Trinajstić information content (AvgIpc) is 4.29. The van der Waals surface area contributed by atoms with E-state index in [9.17, 15) is 0 Å². The van der Waals surface area contributed by atoms with E-state index in [0.717, 1.165) is 11.4 Å². The Kier molecular flexibility index (Phi) is 11.6. The van der Waals surface area contributed by atoms with Crippen molar-refractivity contribution in [3.63, 3.8) is 0 Å². The van der Waals surface area contributed by atoms with Gasteiger partial charge in [0.25, 0.3) is 0 Å². The first kappa shape index (κ1) is 46.7. The number of nitrogens with zero attached hydrogens (tertiary/aromatic N) is 2. The van der Waals surface area contributed by atoms with Crippen LogP contribution in [0.2, 0.25) is 0 Å². The minimum Gasteiger partial charge on any atom is -0.309 e. The third-order valence-corrected chi connectivity index (χ3v) is 16.1. The van der Waals surface area contributed by atoms with Crippen molar-refractivity contribution in [3.05, 3.63) is 315 Å². The molecule has 13 aromatic carbocycles. The van der Waals surface area contributed by atoms with Gasteiger partial charge in [-0.2, -0.15) is 0 Å². The van der Waals surface area contributed by atoms with Gasteiger partial charge in [0.2, 0.25) is 0 Å². The zero-order valence-electron chi connectivity index (χ0n) is 43.9. The Morgan fingerprint density at radius 1 is 0.163 bits per heavy atom. The first-order valence-corrected chi connectivity index (χ1v) is 27.5. The van der Waals surface area contributed by atoms with Gasteiger partial charge in [0.15, 0.2) is 0 Å². The molecule has 0 saturated heterocycles. The van der Waals surface area contributed by atoms with E-state index in [0.29, 0.717) is 0 Å². The highest BCUT2D eigenvalue weighted by atomic mass is 15.0. The smallest absolute Gasteiger partial charge is 0.0641 e. The molecular formula is C78H52N2. The van der Waals surface area contributed by atoms with Crippen LogP contribution in [0.4, 0.5) is 0 Å². The van der Waals surface area contributed by atoms with Crippen molar-refractivity contribution < 1.29 is 0 Å². The Balaban J connectivity index is 0.766. The SMILES string of the molecule is c1ccc(-c2cccc(-c3cccc(-c4ccc(-c5cccc(-n6c7ccccc7c7c6ccc6c8ccccc8n(-c8cccc(-c9ccc(-c%10cccc(-c%11cccc(-c%12ccccc%12)c%11)c%10)cc9)c8)c67)c5)cc4)c3)c2)cc1. The van der Waals surface area contributed by atoms with Gasteiger partial charge >= 0.3 is 0 Å². The number of para-hydroxylation sites is 2. The molecule has 0 atom stereocenters. The van der Waals surface area contributed by atoms with Gasteiger partial charge in [0.1, 0.15) is 0 Å². The molecule has 0 radical (unpaired) electrons. The lowest BCUT2D eigenvalue weighted by molar-refractivity contribution is 1.17. The van der Waals surface area contributed by atoms with Crippen LogP contribution < -0.4 is 0 Å². The molecule has 0 aliphatic carbocycles. The normalized spacial score (nSPS) is 11.5. The van der Waals surface area contributed by atoms with Gasteiger partial charge in [-0.25, -0.2) is 0 Å². The first-order valence-electron chi connectivity index (χ1n) is 27.5. The van der Waals surface area contributed by atoms with Crippen LogP contribution >= 0.6 is 0 Å². The fourth-order valence-corrected chi connectivity index (χ4v) is 12.2. The van der Waals surface area contributed by atoms with E-state index in [1.54, 1.807) is 0 Å². The van der Waals surface area contributed by atoms with Crippen molar-refractivity contribution >= 4 is 43.6 Å². The van der Waals surface area contributed by atoms with Crippen molar-refractivity contribution in [1.29, 1.82) is 0 Å². The molecule has 0 aliphatic rings. The number of benzene rings is 13. The summed E-state index contributed by atoms with van der Waals surface area (Å²) in [4.78, 5) is 0. The van der Waals surface area contributed by atoms with Crippen LogP contribution in [0.1, 0.15) is 0 Å². The van der Waals surface area contributed by atoms with Crippen molar-refractivity contribution in [2.75, 3.05) is 0 Å². The van der Waals surface area contributed by atoms with E-state index in [1.165, 1.54) is 133 Å². The summed E-state index contributed by atoms with van der Waals surface area (Å²) < 4.78 is 4.95. The second-order valence-electron chi connectivity index (χ2n) is 20.9. The van der Waals surface area contributed by atoms with E-state index in [4.69, 9.17) is 0 Å². The van der Waals surface area contributed by atoms with Gasteiger partial charge in [0, 0.05) is 32.9 Å². The minimum absolute atomic E-state index is 1.12. The molecule has 2 aromatic heterocycles. The number of aromatic nitrogens is 2. The zero-order valence-corrected chi connectivity index (χ0v) is 43.9. The Hall–Kier alpha value is -10.5. The summed E-state index contributed by atoms with van der Waals surface area (Å²) in [6.45, 7) is 0. The average molecular weight is 1020 g/mol. The summed E-state index contributed by atoms with van der Waals surface area (Å²) in [5, 5.41) is 4.93. The molecule has 0 saturated carbocycles. The lowest BCUT2D eigenvalue weighted by atomic mass is 9.95. The monoisotopic (exact) mass is 1020 g/mol. The highest BCUT2D eigenvalue weighted by Crippen LogP contribution is 2.43. The minimum atomic E-state index is 1.12. The summed E-state index contributed by atoms with van der Waals surface area (Å²) in [5.74, 6) is 0. The summed E-state index contributed by atoms with van der Waals surface area (Å²) in [7, 11) is 0. The van der Waals surface area contributed by atoms with Crippen LogP contribution in [0.5, 0.6) is 0 Å². The van der Waals surface area contributed by atoms with Crippen LogP contribution in [0, 0.1) is 0 Å². The number of hydrogen-bond acceptors (Lipinski definition) is 0. The maximum atomic E-state index is 2.50. The largest absolute Gasteiger partial charge is 0.309 e. The Morgan fingerprint density at radius 2 is 0.463 bits per heavy atom. The van der Waals surface area contributed by atoms with Crippen molar-refractivity contribution in [1.82, 2.24) is 9.13 Å². The number of fused-ring (bicyclic) bond motifs is 7. The van der Waals surface area contributed by atoms with Gasteiger partial charge in [0.05, 0.1) is 22.1 Å². The van der Waals surface area contributed by atoms with Gasteiger partial charge in [-0.15, -0.1) is 0 Å². The van der Waals surface area contributed by atoms with Crippen LogP contribution in [-0.2, 0) is 0 Å². The molecule has 15 rings (SSSR count). The Bertz CT molecular complexity index is 4790. The summed E-state index contributed by atoms with van der Waals surface area (Å²) in [6.07, 6.45) is 0. The lowest BCUT2D eigenvalue weighted by Gasteiger charge is -2.13.